The molecule has 1 saturated heterocycles. The van der Waals surface area contributed by atoms with Crippen LogP contribution in [0.15, 0.2) is 48.7 Å². The summed E-state index contributed by atoms with van der Waals surface area (Å²) in [5.74, 6) is 0.650. The summed E-state index contributed by atoms with van der Waals surface area (Å²) in [6.45, 7) is 10.3. The average Bonchev–Trinajstić information content (AvgIpc) is 3.14. The van der Waals surface area contributed by atoms with Crippen LogP contribution in [0.1, 0.15) is 64.1 Å². The van der Waals surface area contributed by atoms with Gasteiger partial charge in [-0.3, -0.25) is 9.80 Å². The molecule has 1 aliphatic heterocycles. The lowest BCUT2D eigenvalue weighted by atomic mass is 10.1. The lowest BCUT2D eigenvalue weighted by molar-refractivity contribution is 0.0579. The molecule has 0 aliphatic carbocycles. The SMILES string of the molecule is CCCN(C(=O)OC(C)(C)C)c1ccc([C@@H]2CCCN2Cc2ccccc2)cn1. The predicted molar refractivity (Wildman–Crippen MR) is 117 cm³/mol. The number of likely N-dealkylation sites (tertiary alicyclic amines) is 1. The Labute approximate surface area is 174 Å². The first-order valence-corrected chi connectivity index (χ1v) is 10.6. The summed E-state index contributed by atoms with van der Waals surface area (Å²) in [7, 11) is 0. The number of aromatic nitrogens is 1. The van der Waals surface area contributed by atoms with Crippen LogP contribution in [0.5, 0.6) is 0 Å². The van der Waals surface area contributed by atoms with Gasteiger partial charge in [0.2, 0.25) is 0 Å². The molecule has 3 rings (SSSR count). The van der Waals surface area contributed by atoms with E-state index in [1.807, 2.05) is 40.0 Å². The Morgan fingerprint density at radius 2 is 1.97 bits per heavy atom. The van der Waals surface area contributed by atoms with Crippen LogP contribution in [0.4, 0.5) is 10.6 Å². The van der Waals surface area contributed by atoms with Gasteiger partial charge in [-0.15, -0.1) is 0 Å². The van der Waals surface area contributed by atoms with Gasteiger partial charge in [0.1, 0.15) is 11.4 Å². The molecule has 0 bridgehead atoms. The third kappa shape index (κ3) is 5.80. The number of hydrogen-bond acceptors (Lipinski definition) is 4. The highest BCUT2D eigenvalue weighted by Gasteiger charge is 2.27. The van der Waals surface area contributed by atoms with Crippen LogP contribution >= 0.6 is 0 Å². The van der Waals surface area contributed by atoms with Crippen LogP contribution in [0.25, 0.3) is 0 Å². The Morgan fingerprint density at radius 1 is 1.21 bits per heavy atom. The summed E-state index contributed by atoms with van der Waals surface area (Å²) >= 11 is 0. The average molecular weight is 396 g/mol. The molecule has 29 heavy (non-hydrogen) atoms. The van der Waals surface area contributed by atoms with Crippen molar-refractivity contribution >= 4 is 11.9 Å². The monoisotopic (exact) mass is 395 g/mol. The summed E-state index contributed by atoms with van der Waals surface area (Å²) in [5.41, 5.74) is 2.02. The van der Waals surface area contributed by atoms with Crippen LogP contribution in [0, 0.1) is 0 Å². The summed E-state index contributed by atoms with van der Waals surface area (Å²) in [4.78, 5) is 21.4. The Balaban J connectivity index is 1.73. The number of ether oxygens (including phenoxy) is 1. The molecule has 1 aromatic heterocycles. The van der Waals surface area contributed by atoms with E-state index in [2.05, 4.69) is 46.3 Å². The molecule has 1 aromatic carbocycles. The van der Waals surface area contributed by atoms with Crippen LogP contribution in [-0.2, 0) is 11.3 Å². The summed E-state index contributed by atoms with van der Waals surface area (Å²) in [6, 6.07) is 15.0. The van der Waals surface area contributed by atoms with E-state index in [0.717, 1.165) is 25.9 Å². The van der Waals surface area contributed by atoms with E-state index >= 15 is 0 Å². The minimum Gasteiger partial charge on any atom is -0.443 e. The lowest BCUT2D eigenvalue weighted by Crippen LogP contribution is -2.37. The van der Waals surface area contributed by atoms with Gasteiger partial charge < -0.3 is 4.74 Å². The number of nitrogens with zero attached hydrogens (tertiary/aromatic N) is 3. The van der Waals surface area contributed by atoms with E-state index in [1.54, 1.807) is 4.90 Å². The highest BCUT2D eigenvalue weighted by molar-refractivity contribution is 5.86. The maximum Gasteiger partial charge on any atom is 0.416 e. The Bertz CT molecular complexity index is 784. The van der Waals surface area contributed by atoms with E-state index in [-0.39, 0.29) is 6.09 Å². The van der Waals surface area contributed by atoms with Gasteiger partial charge in [-0.2, -0.15) is 0 Å². The number of anilines is 1. The molecule has 0 radical (unpaired) electrons. The molecule has 5 nitrogen and oxygen atoms in total. The summed E-state index contributed by atoms with van der Waals surface area (Å²) in [5, 5.41) is 0. The van der Waals surface area contributed by atoms with Crippen molar-refractivity contribution in [2.45, 2.75) is 65.1 Å². The second-order valence-electron chi connectivity index (χ2n) is 8.70. The Hall–Kier alpha value is -2.40. The minimum atomic E-state index is -0.523. The highest BCUT2D eigenvalue weighted by Crippen LogP contribution is 2.33. The number of carbonyl (C=O) groups excluding carboxylic acids is 1. The molecule has 5 heteroatoms. The van der Waals surface area contributed by atoms with Crippen molar-refractivity contribution < 1.29 is 9.53 Å². The van der Waals surface area contributed by atoms with E-state index in [9.17, 15) is 4.79 Å². The van der Waals surface area contributed by atoms with Gasteiger partial charge in [-0.05, 0) is 63.8 Å². The van der Waals surface area contributed by atoms with Crippen molar-refractivity contribution in [1.82, 2.24) is 9.88 Å². The summed E-state index contributed by atoms with van der Waals surface area (Å²) in [6.07, 6.45) is 4.76. The number of rotatable bonds is 6. The number of amides is 1. The van der Waals surface area contributed by atoms with Crippen molar-refractivity contribution in [3.05, 3.63) is 59.8 Å². The molecule has 2 aromatic rings. The topological polar surface area (TPSA) is 45.7 Å². The van der Waals surface area contributed by atoms with E-state index in [0.29, 0.717) is 18.4 Å². The molecule has 1 amide bonds. The molecule has 1 aliphatic rings. The highest BCUT2D eigenvalue weighted by atomic mass is 16.6. The van der Waals surface area contributed by atoms with Crippen LogP contribution < -0.4 is 4.90 Å². The van der Waals surface area contributed by atoms with E-state index < -0.39 is 5.60 Å². The van der Waals surface area contributed by atoms with Crippen LogP contribution in [0.2, 0.25) is 0 Å². The Kier molecular flexibility index (Phi) is 6.91. The third-order valence-electron chi connectivity index (χ3n) is 5.09. The molecule has 0 N–H and O–H groups in total. The molecule has 1 fully saturated rings. The van der Waals surface area contributed by atoms with Crippen molar-refractivity contribution in [3.8, 4) is 0 Å². The third-order valence-corrected chi connectivity index (χ3v) is 5.09. The van der Waals surface area contributed by atoms with Crippen LogP contribution in [0.3, 0.4) is 0 Å². The normalized spacial score (nSPS) is 17.3. The quantitative estimate of drug-likeness (QED) is 0.641. The first-order valence-electron chi connectivity index (χ1n) is 10.6. The maximum absolute atomic E-state index is 12.6. The smallest absolute Gasteiger partial charge is 0.416 e. The number of hydrogen-bond donors (Lipinski definition) is 0. The van der Waals surface area contributed by atoms with Gasteiger partial charge in [0, 0.05) is 25.3 Å². The number of benzene rings is 1. The van der Waals surface area contributed by atoms with E-state index in [4.69, 9.17) is 4.74 Å². The van der Waals surface area contributed by atoms with Crippen molar-refractivity contribution in [1.29, 1.82) is 0 Å². The van der Waals surface area contributed by atoms with Crippen molar-refractivity contribution in [3.63, 3.8) is 0 Å². The van der Waals surface area contributed by atoms with Gasteiger partial charge in [0.15, 0.2) is 0 Å². The van der Waals surface area contributed by atoms with E-state index in [1.165, 1.54) is 17.5 Å². The van der Waals surface area contributed by atoms with Crippen LogP contribution in [-0.4, -0.2) is 34.7 Å². The minimum absolute atomic E-state index is 0.342. The largest absolute Gasteiger partial charge is 0.443 e. The predicted octanol–water partition coefficient (Wildman–Crippen LogP) is 5.57. The fourth-order valence-corrected chi connectivity index (χ4v) is 3.81. The fourth-order valence-electron chi connectivity index (χ4n) is 3.81. The van der Waals surface area contributed by atoms with Gasteiger partial charge >= 0.3 is 6.09 Å². The zero-order chi connectivity index (χ0) is 20.9. The molecule has 2 heterocycles. The van der Waals surface area contributed by atoms with Gasteiger partial charge in [0.05, 0.1) is 0 Å². The van der Waals surface area contributed by atoms with Gasteiger partial charge in [-0.25, -0.2) is 9.78 Å². The standard InChI is InChI=1S/C24H33N3O2/c1-5-15-27(23(28)29-24(2,3)4)22-14-13-20(17-25-22)21-12-9-16-26(21)18-19-10-7-6-8-11-19/h6-8,10-11,13-14,17,21H,5,9,12,15-16,18H2,1-4H3/t21-/m0/s1. The number of carbonyl (C=O) groups is 1. The molecule has 156 valence electrons. The molecular weight excluding hydrogens is 362 g/mol. The maximum atomic E-state index is 12.6. The molecule has 1 atom stereocenters. The van der Waals surface area contributed by atoms with Crippen molar-refractivity contribution in [2.75, 3.05) is 18.0 Å². The zero-order valence-corrected chi connectivity index (χ0v) is 18.1. The number of pyridine rings is 1. The van der Waals surface area contributed by atoms with Gasteiger partial charge in [-0.1, -0.05) is 43.3 Å². The molecule has 0 saturated carbocycles. The second-order valence-corrected chi connectivity index (χ2v) is 8.70. The second kappa shape index (κ2) is 9.40. The molecule has 0 spiro atoms. The molecule has 0 unspecified atom stereocenters. The summed E-state index contributed by atoms with van der Waals surface area (Å²) < 4.78 is 5.56. The molecular formula is C24H33N3O2. The first-order chi connectivity index (χ1) is 13.9. The fraction of sp³-hybridized carbons (Fsp3) is 0.500. The lowest BCUT2D eigenvalue weighted by Gasteiger charge is -2.27. The first kappa shape index (κ1) is 21.3. The van der Waals surface area contributed by atoms with Gasteiger partial charge in [0.25, 0.3) is 0 Å². The van der Waals surface area contributed by atoms with Crippen molar-refractivity contribution in [2.24, 2.45) is 0 Å². The zero-order valence-electron chi connectivity index (χ0n) is 18.1. The Morgan fingerprint density at radius 3 is 2.59 bits per heavy atom.